The van der Waals surface area contributed by atoms with Crippen LogP contribution in [0.2, 0.25) is 0 Å². The molecule has 0 amide bonds. The Balaban J connectivity index is 0.00000242. The molecule has 2 nitrogen and oxygen atoms in total. The van der Waals surface area contributed by atoms with Gasteiger partial charge >= 0.3 is 0 Å². The van der Waals surface area contributed by atoms with Crippen LogP contribution in [-0.2, 0) is 0 Å². The topological polar surface area (TPSA) is 23.5 Å². The van der Waals surface area contributed by atoms with Gasteiger partial charge in [0.05, 0.1) is 0 Å². The third kappa shape index (κ3) is 5.80. The van der Waals surface area contributed by atoms with Gasteiger partial charge < -0.3 is 10.0 Å². The van der Waals surface area contributed by atoms with Gasteiger partial charge in [-0.05, 0) is 37.6 Å². The van der Waals surface area contributed by atoms with E-state index in [0.717, 1.165) is 25.9 Å². The van der Waals surface area contributed by atoms with Gasteiger partial charge in [-0.3, -0.25) is 0 Å². The van der Waals surface area contributed by atoms with Crippen LogP contribution < -0.4 is 0 Å². The van der Waals surface area contributed by atoms with E-state index in [1.807, 2.05) is 0 Å². The largest absolute Gasteiger partial charge is 0.396 e. The van der Waals surface area contributed by atoms with E-state index in [0.29, 0.717) is 5.92 Å². The molecule has 0 aliphatic rings. The zero-order valence-electron chi connectivity index (χ0n) is 13.2. The summed E-state index contributed by atoms with van der Waals surface area (Å²) in [6, 6.07) is 21.4. The maximum Gasteiger partial charge on any atom is 0.0443 e. The number of benzene rings is 2. The monoisotopic (exact) mass is 319 g/mol. The van der Waals surface area contributed by atoms with Crippen molar-refractivity contribution in [2.45, 2.75) is 18.8 Å². The second-order valence-electron chi connectivity index (χ2n) is 5.54. The lowest BCUT2D eigenvalue weighted by Crippen LogP contribution is -2.23. The molecular weight excluding hydrogens is 294 g/mol. The molecule has 2 aromatic rings. The minimum atomic E-state index is 0. The van der Waals surface area contributed by atoms with Gasteiger partial charge in [0.25, 0.3) is 0 Å². The molecule has 22 heavy (non-hydrogen) atoms. The summed E-state index contributed by atoms with van der Waals surface area (Å²) >= 11 is 0. The van der Waals surface area contributed by atoms with Gasteiger partial charge in [0, 0.05) is 19.1 Å². The molecule has 2 rings (SSSR count). The van der Waals surface area contributed by atoms with Gasteiger partial charge in [-0.1, -0.05) is 60.7 Å². The Morgan fingerprint density at radius 1 is 0.864 bits per heavy atom. The number of hydrogen-bond donors (Lipinski definition) is 1. The molecule has 3 heteroatoms. The first-order chi connectivity index (χ1) is 10.3. The van der Waals surface area contributed by atoms with E-state index < -0.39 is 0 Å². The molecule has 1 N–H and O–H groups in total. The van der Waals surface area contributed by atoms with Crippen LogP contribution in [0.4, 0.5) is 0 Å². The normalized spacial score (nSPS) is 10.7. The number of rotatable bonds is 8. The predicted molar refractivity (Wildman–Crippen MR) is 95.8 cm³/mol. The Bertz CT molecular complexity index is 464. The second-order valence-corrected chi connectivity index (χ2v) is 5.54. The third-order valence-corrected chi connectivity index (χ3v) is 3.90. The van der Waals surface area contributed by atoms with E-state index in [4.69, 9.17) is 5.11 Å². The third-order valence-electron chi connectivity index (χ3n) is 3.90. The highest BCUT2D eigenvalue weighted by Crippen LogP contribution is 2.27. The first-order valence-corrected chi connectivity index (χ1v) is 7.70. The Morgan fingerprint density at radius 3 is 1.82 bits per heavy atom. The summed E-state index contributed by atoms with van der Waals surface area (Å²) in [5, 5.41) is 8.92. The van der Waals surface area contributed by atoms with Crippen LogP contribution in [0, 0.1) is 0 Å². The molecule has 0 spiro atoms. The van der Waals surface area contributed by atoms with Crippen LogP contribution in [0.3, 0.4) is 0 Å². The summed E-state index contributed by atoms with van der Waals surface area (Å²) in [7, 11) is 2.13. The molecule has 2 aromatic carbocycles. The highest BCUT2D eigenvalue weighted by molar-refractivity contribution is 5.85. The Labute approximate surface area is 140 Å². The van der Waals surface area contributed by atoms with Gasteiger partial charge in [-0.2, -0.15) is 0 Å². The number of nitrogens with zero attached hydrogens (tertiary/aromatic N) is 1. The van der Waals surface area contributed by atoms with Crippen molar-refractivity contribution in [3.8, 4) is 0 Å². The molecule has 0 heterocycles. The van der Waals surface area contributed by atoms with Gasteiger partial charge in [0.15, 0.2) is 0 Å². The van der Waals surface area contributed by atoms with Crippen molar-refractivity contribution >= 4 is 12.4 Å². The van der Waals surface area contributed by atoms with Gasteiger partial charge in [-0.25, -0.2) is 0 Å². The smallest absolute Gasteiger partial charge is 0.0443 e. The van der Waals surface area contributed by atoms with Crippen molar-refractivity contribution in [2.24, 2.45) is 0 Å². The minimum Gasteiger partial charge on any atom is -0.396 e. The van der Waals surface area contributed by atoms with Gasteiger partial charge in [0.1, 0.15) is 0 Å². The van der Waals surface area contributed by atoms with E-state index in [1.165, 1.54) is 11.1 Å². The standard InChI is InChI=1S/C19H25NO.ClH/c1-20(14-8-16-21)15-13-19(17-9-4-2-5-10-17)18-11-6-3-7-12-18;/h2-7,9-12,19,21H,8,13-16H2,1H3;1H. The maximum absolute atomic E-state index is 8.92. The van der Waals surface area contributed by atoms with E-state index in [9.17, 15) is 0 Å². The van der Waals surface area contributed by atoms with Gasteiger partial charge in [-0.15, -0.1) is 12.4 Å². The fraction of sp³-hybridized carbons (Fsp3) is 0.368. The van der Waals surface area contributed by atoms with E-state index in [1.54, 1.807) is 0 Å². The molecule has 0 atom stereocenters. The Kier molecular flexibility index (Phi) is 8.83. The fourth-order valence-corrected chi connectivity index (χ4v) is 2.70. The summed E-state index contributed by atoms with van der Waals surface area (Å²) in [4.78, 5) is 2.30. The first-order valence-electron chi connectivity index (χ1n) is 7.70. The molecular formula is C19H26ClNO. The van der Waals surface area contributed by atoms with Crippen molar-refractivity contribution in [3.63, 3.8) is 0 Å². The lowest BCUT2D eigenvalue weighted by molar-refractivity contribution is 0.245. The van der Waals surface area contributed by atoms with Crippen molar-refractivity contribution < 1.29 is 5.11 Å². The van der Waals surface area contributed by atoms with Crippen LogP contribution >= 0.6 is 12.4 Å². The van der Waals surface area contributed by atoms with Crippen LogP contribution in [0.15, 0.2) is 60.7 Å². The lowest BCUT2D eigenvalue weighted by atomic mass is 9.88. The molecule has 0 saturated heterocycles. The summed E-state index contributed by atoms with van der Waals surface area (Å²) in [5.41, 5.74) is 2.75. The number of aliphatic hydroxyl groups excluding tert-OH is 1. The SMILES string of the molecule is CN(CCCO)CCC(c1ccccc1)c1ccccc1.Cl. The molecule has 0 bridgehead atoms. The van der Waals surface area contributed by atoms with Crippen LogP contribution in [0.1, 0.15) is 29.9 Å². The predicted octanol–water partition coefficient (Wildman–Crippen LogP) is 3.94. The van der Waals surface area contributed by atoms with E-state index in [-0.39, 0.29) is 19.0 Å². The van der Waals surface area contributed by atoms with E-state index >= 15 is 0 Å². The average molecular weight is 320 g/mol. The molecule has 0 aliphatic carbocycles. The fourth-order valence-electron chi connectivity index (χ4n) is 2.70. The van der Waals surface area contributed by atoms with Crippen LogP contribution in [-0.4, -0.2) is 36.8 Å². The molecule has 0 unspecified atom stereocenters. The van der Waals surface area contributed by atoms with Crippen molar-refractivity contribution in [1.82, 2.24) is 4.90 Å². The van der Waals surface area contributed by atoms with Gasteiger partial charge in [0.2, 0.25) is 0 Å². The number of aliphatic hydroxyl groups is 1. The summed E-state index contributed by atoms with van der Waals surface area (Å²) in [6.07, 6.45) is 1.94. The molecule has 120 valence electrons. The minimum absolute atomic E-state index is 0. The quantitative estimate of drug-likeness (QED) is 0.796. The van der Waals surface area contributed by atoms with Crippen LogP contribution in [0.25, 0.3) is 0 Å². The summed E-state index contributed by atoms with van der Waals surface area (Å²) < 4.78 is 0. The zero-order valence-corrected chi connectivity index (χ0v) is 14.0. The summed E-state index contributed by atoms with van der Waals surface area (Å²) in [5.74, 6) is 0.434. The molecule has 0 saturated carbocycles. The number of halogens is 1. The van der Waals surface area contributed by atoms with Crippen LogP contribution in [0.5, 0.6) is 0 Å². The van der Waals surface area contributed by atoms with E-state index in [2.05, 4.69) is 72.6 Å². The maximum atomic E-state index is 8.92. The average Bonchev–Trinajstić information content (AvgIpc) is 2.55. The Hall–Kier alpha value is -1.35. The Morgan fingerprint density at radius 2 is 1.36 bits per heavy atom. The zero-order chi connectivity index (χ0) is 14.9. The first kappa shape index (κ1) is 18.7. The molecule has 0 aromatic heterocycles. The lowest BCUT2D eigenvalue weighted by Gasteiger charge is -2.22. The molecule has 0 radical (unpaired) electrons. The molecule has 0 fully saturated rings. The number of hydrogen-bond acceptors (Lipinski definition) is 2. The highest BCUT2D eigenvalue weighted by Gasteiger charge is 2.14. The van der Waals surface area contributed by atoms with Crippen molar-refractivity contribution in [1.29, 1.82) is 0 Å². The van der Waals surface area contributed by atoms with Crippen molar-refractivity contribution in [2.75, 3.05) is 26.7 Å². The highest BCUT2D eigenvalue weighted by atomic mass is 35.5. The van der Waals surface area contributed by atoms with Crippen molar-refractivity contribution in [3.05, 3.63) is 71.8 Å². The summed E-state index contributed by atoms with van der Waals surface area (Å²) in [6.45, 7) is 2.26. The second kappa shape index (κ2) is 10.4. The molecule has 0 aliphatic heterocycles.